The molecule has 0 unspecified atom stereocenters. The molecule has 1 N–H and O–H groups in total. The van der Waals surface area contributed by atoms with E-state index >= 15 is 0 Å². The van der Waals surface area contributed by atoms with Crippen molar-refractivity contribution in [3.8, 4) is 0 Å². The quantitative estimate of drug-likeness (QED) is 0.694. The number of unbranched alkanes of at least 4 members (excludes halogenated alkanes) is 3. The normalized spacial score (nSPS) is 23.9. The summed E-state index contributed by atoms with van der Waals surface area (Å²) in [6.07, 6.45) is 7.84. The molecule has 27 heavy (non-hydrogen) atoms. The first-order valence-corrected chi connectivity index (χ1v) is 10.5. The van der Waals surface area contributed by atoms with Crippen LogP contribution in [0.1, 0.15) is 65.2 Å². The number of nitrogens with zero attached hydrogens (tertiary/aromatic N) is 2. The van der Waals surface area contributed by atoms with Crippen molar-refractivity contribution < 1.29 is 14.3 Å². The molecule has 3 saturated heterocycles. The molecule has 7 heteroatoms. The van der Waals surface area contributed by atoms with Gasteiger partial charge < -0.3 is 19.9 Å². The van der Waals surface area contributed by atoms with Gasteiger partial charge >= 0.3 is 6.09 Å². The molecule has 3 aliphatic rings. The molecule has 0 aromatic carbocycles. The van der Waals surface area contributed by atoms with E-state index in [9.17, 15) is 9.59 Å². The summed E-state index contributed by atoms with van der Waals surface area (Å²) in [4.78, 5) is 29.1. The number of halogens is 1. The van der Waals surface area contributed by atoms with Gasteiger partial charge in [0.05, 0.1) is 6.54 Å². The van der Waals surface area contributed by atoms with Crippen LogP contribution in [-0.2, 0) is 9.53 Å². The summed E-state index contributed by atoms with van der Waals surface area (Å²) < 4.78 is 5.80. The lowest BCUT2D eigenvalue weighted by atomic mass is 9.78. The van der Waals surface area contributed by atoms with Crippen LogP contribution >= 0.6 is 12.4 Å². The Morgan fingerprint density at radius 3 is 2.41 bits per heavy atom. The number of piperidine rings is 2. The van der Waals surface area contributed by atoms with Crippen LogP contribution in [0.2, 0.25) is 0 Å². The topological polar surface area (TPSA) is 61.9 Å². The molecule has 2 amide bonds. The van der Waals surface area contributed by atoms with Gasteiger partial charge in [0.2, 0.25) is 5.91 Å². The van der Waals surface area contributed by atoms with E-state index in [-0.39, 0.29) is 35.4 Å². The fraction of sp³-hybridized carbons (Fsp3) is 0.900. The lowest BCUT2D eigenvalue weighted by Crippen LogP contribution is -2.53. The van der Waals surface area contributed by atoms with Gasteiger partial charge in [0.1, 0.15) is 5.60 Å². The van der Waals surface area contributed by atoms with Gasteiger partial charge in [-0.1, -0.05) is 33.1 Å². The highest BCUT2D eigenvalue weighted by atomic mass is 35.5. The van der Waals surface area contributed by atoms with Crippen LogP contribution < -0.4 is 5.32 Å². The van der Waals surface area contributed by atoms with Crippen molar-refractivity contribution in [1.29, 1.82) is 0 Å². The summed E-state index contributed by atoms with van der Waals surface area (Å²) in [5.41, 5.74) is -0.596. The smallest absolute Gasteiger partial charge is 0.410 e. The van der Waals surface area contributed by atoms with E-state index in [1.165, 1.54) is 19.3 Å². The number of likely N-dealkylation sites (tertiary alicyclic amines) is 1. The number of hydrogen-bond acceptors (Lipinski definition) is 4. The zero-order valence-corrected chi connectivity index (χ0v) is 17.7. The van der Waals surface area contributed by atoms with Gasteiger partial charge in [-0.05, 0) is 32.4 Å². The van der Waals surface area contributed by atoms with Gasteiger partial charge in [-0.2, -0.15) is 0 Å². The maximum Gasteiger partial charge on any atom is 0.410 e. The van der Waals surface area contributed by atoms with Crippen molar-refractivity contribution in [1.82, 2.24) is 15.1 Å². The lowest BCUT2D eigenvalue weighted by Gasteiger charge is -2.42. The van der Waals surface area contributed by atoms with Crippen LogP contribution in [0.4, 0.5) is 4.79 Å². The maximum absolute atomic E-state index is 13.0. The molecule has 0 aromatic rings. The summed E-state index contributed by atoms with van der Waals surface area (Å²) in [7, 11) is 0. The highest BCUT2D eigenvalue weighted by molar-refractivity contribution is 5.85. The Bertz CT molecular complexity index is 515. The SMILES string of the molecule is CCCCCCN1CC2(CCN(C(=O)C3(C)CCNCC3)CC2)OC1=O.Cl. The van der Waals surface area contributed by atoms with E-state index in [4.69, 9.17) is 4.74 Å². The predicted molar refractivity (Wildman–Crippen MR) is 108 cm³/mol. The molecule has 3 aliphatic heterocycles. The highest BCUT2D eigenvalue weighted by Crippen LogP contribution is 2.36. The Balaban J connectivity index is 0.00000261. The number of amides is 2. The minimum atomic E-state index is -0.367. The molecule has 0 aromatic heterocycles. The zero-order chi connectivity index (χ0) is 18.6. The summed E-state index contributed by atoms with van der Waals surface area (Å²) in [6.45, 7) is 9.05. The molecule has 0 radical (unpaired) electrons. The Morgan fingerprint density at radius 2 is 1.78 bits per heavy atom. The van der Waals surface area contributed by atoms with Gasteiger partial charge in [0, 0.05) is 37.9 Å². The van der Waals surface area contributed by atoms with Crippen molar-refractivity contribution in [3.05, 3.63) is 0 Å². The first kappa shape index (κ1) is 22.3. The average molecular weight is 402 g/mol. The fourth-order valence-electron chi connectivity index (χ4n) is 4.55. The first-order valence-electron chi connectivity index (χ1n) is 10.5. The zero-order valence-electron chi connectivity index (χ0n) is 16.9. The van der Waals surface area contributed by atoms with E-state index in [1.54, 1.807) is 0 Å². The second-order valence-corrected chi connectivity index (χ2v) is 8.64. The van der Waals surface area contributed by atoms with Crippen molar-refractivity contribution >= 4 is 24.4 Å². The molecule has 0 bridgehead atoms. The van der Waals surface area contributed by atoms with Crippen LogP contribution in [-0.4, -0.2) is 66.7 Å². The van der Waals surface area contributed by atoms with Gasteiger partial charge in [0.25, 0.3) is 0 Å². The van der Waals surface area contributed by atoms with Gasteiger partial charge in [-0.15, -0.1) is 12.4 Å². The third-order valence-corrected chi connectivity index (χ3v) is 6.51. The number of carbonyl (C=O) groups excluding carboxylic acids is 2. The number of hydrogen-bond donors (Lipinski definition) is 1. The first-order chi connectivity index (χ1) is 12.5. The number of nitrogens with one attached hydrogen (secondary N) is 1. The van der Waals surface area contributed by atoms with Crippen LogP contribution in [0, 0.1) is 5.41 Å². The third-order valence-electron chi connectivity index (χ3n) is 6.51. The second kappa shape index (κ2) is 9.46. The minimum Gasteiger partial charge on any atom is -0.441 e. The Hall–Kier alpha value is -1.01. The highest BCUT2D eigenvalue weighted by Gasteiger charge is 2.48. The maximum atomic E-state index is 13.0. The van der Waals surface area contributed by atoms with Crippen LogP contribution in [0.5, 0.6) is 0 Å². The Kier molecular flexibility index (Phi) is 7.81. The van der Waals surface area contributed by atoms with Crippen LogP contribution in [0.3, 0.4) is 0 Å². The van der Waals surface area contributed by atoms with E-state index in [2.05, 4.69) is 19.2 Å². The van der Waals surface area contributed by atoms with Gasteiger partial charge in [-0.25, -0.2) is 4.79 Å². The van der Waals surface area contributed by atoms with Crippen molar-refractivity contribution in [2.75, 3.05) is 39.3 Å². The molecular formula is C20H36ClN3O3. The van der Waals surface area contributed by atoms with Crippen LogP contribution in [0.25, 0.3) is 0 Å². The standard InChI is InChI=1S/C20H35N3O3.ClH/c1-3-4-5-6-13-23-16-20(26-18(23)25)9-14-22(15-10-20)17(24)19(2)7-11-21-12-8-19;/h21H,3-16H2,1-2H3;1H. The summed E-state index contributed by atoms with van der Waals surface area (Å²) in [5.74, 6) is 0.287. The molecular weight excluding hydrogens is 366 g/mol. The molecule has 0 aliphatic carbocycles. The third kappa shape index (κ3) is 5.08. The van der Waals surface area contributed by atoms with Crippen LogP contribution in [0.15, 0.2) is 0 Å². The molecule has 3 rings (SSSR count). The Morgan fingerprint density at radius 1 is 1.11 bits per heavy atom. The molecule has 3 fully saturated rings. The predicted octanol–water partition coefficient (Wildman–Crippen LogP) is 3.19. The number of carbonyl (C=O) groups is 2. The minimum absolute atomic E-state index is 0. The van der Waals surface area contributed by atoms with Gasteiger partial charge in [-0.3, -0.25) is 4.79 Å². The van der Waals surface area contributed by atoms with Crippen molar-refractivity contribution in [2.24, 2.45) is 5.41 Å². The molecule has 1 spiro atoms. The molecule has 6 nitrogen and oxygen atoms in total. The number of ether oxygens (including phenoxy) is 1. The molecule has 156 valence electrons. The van der Waals surface area contributed by atoms with Crippen molar-refractivity contribution in [2.45, 2.75) is 70.8 Å². The average Bonchev–Trinajstić information content (AvgIpc) is 2.94. The monoisotopic (exact) mass is 401 g/mol. The summed E-state index contributed by atoms with van der Waals surface area (Å²) in [5, 5.41) is 3.34. The fourth-order valence-corrected chi connectivity index (χ4v) is 4.55. The summed E-state index contributed by atoms with van der Waals surface area (Å²) in [6, 6.07) is 0. The molecule has 3 heterocycles. The van der Waals surface area contributed by atoms with E-state index in [1.807, 2.05) is 9.80 Å². The van der Waals surface area contributed by atoms with E-state index in [0.29, 0.717) is 19.6 Å². The largest absolute Gasteiger partial charge is 0.441 e. The molecule has 0 atom stereocenters. The lowest BCUT2D eigenvalue weighted by molar-refractivity contribution is -0.146. The summed E-state index contributed by atoms with van der Waals surface area (Å²) >= 11 is 0. The van der Waals surface area contributed by atoms with E-state index in [0.717, 1.165) is 51.7 Å². The molecule has 0 saturated carbocycles. The Labute approximate surface area is 169 Å². The van der Waals surface area contributed by atoms with Crippen molar-refractivity contribution in [3.63, 3.8) is 0 Å². The van der Waals surface area contributed by atoms with Gasteiger partial charge in [0.15, 0.2) is 0 Å². The number of rotatable bonds is 6. The van der Waals surface area contributed by atoms with E-state index < -0.39 is 0 Å². The second-order valence-electron chi connectivity index (χ2n) is 8.64.